The lowest BCUT2D eigenvalue weighted by molar-refractivity contribution is 0.669. The number of para-hydroxylation sites is 2. The summed E-state index contributed by atoms with van der Waals surface area (Å²) in [6, 6.07) is 82.0. The molecule has 3 heteroatoms. The molecule has 0 radical (unpaired) electrons. The number of fused-ring (bicyclic) bond motifs is 17. The summed E-state index contributed by atoms with van der Waals surface area (Å²) in [5.41, 5.74) is 7.23. The molecule has 0 saturated carbocycles. The Balaban J connectivity index is 1.24. The summed E-state index contributed by atoms with van der Waals surface area (Å²) in [4.78, 5) is 2.45. The Hall–Kier alpha value is -7.98. The van der Waals surface area contributed by atoms with Crippen LogP contribution in [0, 0.1) is 0 Å². The van der Waals surface area contributed by atoms with Crippen molar-refractivity contribution in [2.24, 2.45) is 0 Å². The quantitative estimate of drug-likeness (QED) is 0.176. The summed E-state index contributed by atoms with van der Waals surface area (Å²) in [5, 5.41) is 16.9. The van der Waals surface area contributed by atoms with Crippen LogP contribution in [0.15, 0.2) is 229 Å². The first-order valence-corrected chi connectivity index (χ1v) is 22.3. The number of thiophene rings is 1. The highest BCUT2D eigenvalue weighted by Crippen LogP contribution is 2.48. The summed E-state index contributed by atoms with van der Waals surface area (Å²) in [6.07, 6.45) is 0. The number of benzene rings is 10. The Bertz CT molecular complexity index is 4050. The molecule has 0 aliphatic carbocycles. The maximum absolute atomic E-state index is 6.56. The smallest absolute Gasteiger partial charge is 0.137 e. The van der Waals surface area contributed by atoms with Gasteiger partial charge in [0.15, 0.2) is 0 Å². The molecule has 0 N–H and O–H groups in total. The normalized spacial score (nSPS) is 11.8. The van der Waals surface area contributed by atoms with E-state index in [9.17, 15) is 0 Å². The minimum atomic E-state index is 0.858. The van der Waals surface area contributed by atoms with E-state index in [1.54, 1.807) is 0 Å². The molecule has 0 aliphatic heterocycles. The molecule has 13 rings (SSSR count). The molecule has 0 amide bonds. The molecular weight excluding hydrogens is 783 g/mol. The van der Waals surface area contributed by atoms with Crippen LogP contribution < -0.4 is 4.90 Å². The van der Waals surface area contributed by atoms with Crippen molar-refractivity contribution in [2.45, 2.75) is 0 Å². The SMILES string of the molecule is c1ccc(-c2ccccc2N(c2ccc3c(c2)c2ccccc2c2ccccc2c2ccccc2c2c3ccc3c4ccccc4sc32)c2cccc3oc4ccccc4c23)cc1. The first-order valence-electron chi connectivity index (χ1n) is 21.5. The molecule has 0 unspecified atom stereocenters. The molecule has 0 atom stereocenters. The first-order chi connectivity index (χ1) is 31.3. The van der Waals surface area contributed by atoms with E-state index >= 15 is 0 Å². The average Bonchev–Trinajstić information content (AvgIpc) is 3.93. The Morgan fingerprint density at radius 3 is 1.59 bits per heavy atom. The predicted octanol–water partition coefficient (Wildman–Crippen LogP) is 18.0. The predicted molar refractivity (Wildman–Crippen MR) is 272 cm³/mol. The highest BCUT2D eigenvalue weighted by molar-refractivity contribution is 7.26. The van der Waals surface area contributed by atoms with Crippen molar-refractivity contribution in [3.8, 4) is 11.1 Å². The third-order valence-electron chi connectivity index (χ3n) is 12.9. The third-order valence-corrected chi connectivity index (χ3v) is 14.1. The number of hydrogen-bond donors (Lipinski definition) is 0. The van der Waals surface area contributed by atoms with Crippen LogP contribution in [0.25, 0.3) is 107 Å². The Morgan fingerprint density at radius 1 is 0.317 bits per heavy atom. The number of rotatable bonds is 4. The fourth-order valence-corrected chi connectivity index (χ4v) is 11.4. The van der Waals surface area contributed by atoms with Crippen molar-refractivity contribution in [1.29, 1.82) is 0 Å². The molecule has 0 spiro atoms. The van der Waals surface area contributed by atoms with Gasteiger partial charge in [0.2, 0.25) is 0 Å². The van der Waals surface area contributed by atoms with Crippen molar-refractivity contribution in [3.63, 3.8) is 0 Å². The van der Waals surface area contributed by atoms with E-state index in [2.05, 4.69) is 223 Å². The Morgan fingerprint density at radius 2 is 0.825 bits per heavy atom. The number of hydrogen-bond acceptors (Lipinski definition) is 3. The molecule has 11 aromatic carbocycles. The van der Waals surface area contributed by atoms with Gasteiger partial charge in [0.1, 0.15) is 11.2 Å². The molecule has 0 fully saturated rings. The van der Waals surface area contributed by atoms with Crippen molar-refractivity contribution in [3.05, 3.63) is 224 Å². The Kier molecular flexibility index (Phi) is 8.12. The van der Waals surface area contributed by atoms with Gasteiger partial charge in [-0.2, -0.15) is 0 Å². The molecule has 2 aromatic heterocycles. The van der Waals surface area contributed by atoms with Gasteiger partial charge in [0.05, 0.1) is 16.8 Å². The molecule has 2 heterocycles. The van der Waals surface area contributed by atoms with Gasteiger partial charge < -0.3 is 9.32 Å². The van der Waals surface area contributed by atoms with E-state index in [0.29, 0.717) is 0 Å². The third kappa shape index (κ3) is 5.57. The van der Waals surface area contributed by atoms with E-state index in [4.69, 9.17) is 4.42 Å². The first kappa shape index (κ1) is 35.7. The average molecular weight is 820 g/mol. The lowest BCUT2D eigenvalue weighted by Gasteiger charge is -2.29. The second kappa shape index (κ2) is 14.3. The molecule has 294 valence electrons. The fourth-order valence-electron chi connectivity index (χ4n) is 10.1. The maximum Gasteiger partial charge on any atom is 0.137 e. The van der Waals surface area contributed by atoms with Crippen molar-refractivity contribution in [2.75, 3.05) is 4.90 Å². The minimum absolute atomic E-state index is 0.858. The van der Waals surface area contributed by atoms with Gasteiger partial charge in [-0.05, 0) is 96.5 Å². The van der Waals surface area contributed by atoms with Gasteiger partial charge in [0, 0.05) is 42.2 Å². The summed E-state index contributed by atoms with van der Waals surface area (Å²) >= 11 is 1.90. The van der Waals surface area contributed by atoms with E-state index < -0.39 is 0 Å². The van der Waals surface area contributed by atoms with Crippen LogP contribution in [0.1, 0.15) is 0 Å². The van der Waals surface area contributed by atoms with Gasteiger partial charge in [0.25, 0.3) is 0 Å². The number of anilines is 3. The molecular formula is C60H37NOS. The van der Waals surface area contributed by atoms with Crippen LogP contribution in [0.4, 0.5) is 17.1 Å². The van der Waals surface area contributed by atoms with Crippen LogP contribution in [-0.2, 0) is 0 Å². The molecule has 0 saturated heterocycles. The zero-order valence-electron chi connectivity index (χ0n) is 34.1. The van der Waals surface area contributed by atoms with Gasteiger partial charge in [-0.3, -0.25) is 0 Å². The highest BCUT2D eigenvalue weighted by atomic mass is 32.1. The summed E-state index contributed by atoms with van der Waals surface area (Å²) in [6.45, 7) is 0. The van der Waals surface area contributed by atoms with Crippen molar-refractivity contribution >= 4 is 124 Å². The van der Waals surface area contributed by atoms with Gasteiger partial charge >= 0.3 is 0 Å². The molecule has 0 aliphatic rings. The second-order valence-corrected chi connectivity index (χ2v) is 17.3. The topological polar surface area (TPSA) is 16.4 Å². The molecule has 2 nitrogen and oxygen atoms in total. The van der Waals surface area contributed by atoms with Crippen molar-refractivity contribution < 1.29 is 4.42 Å². The van der Waals surface area contributed by atoms with E-state index in [0.717, 1.165) is 50.1 Å². The summed E-state index contributed by atoms with van der Waals surface area (Å²) < 4.78 is 9.16. The monoisotopic (exact) mass is 819 g/mol. The van der Waals surface area contributed by atoms with Crippen LogP contribution in [-0.4, -0.2) is 0 Å². The zero-order valence-corrected chi connectivity index (χ0v) is 34.9. The van der Waals surface area contributed by atoms with E-state index in [-0.39, 0.29) is 0 Å². The molecule has 63 heavy (non-hydrogen) atoms. The van der Waals surface area contributed by atoms with Crippen LogP contribution in [0.5, 0.6) is 0 Å². The number of nitrogens with zero attached hydrogens (tertiary/aromatic N) is 1. The van der Waals surface area contributed by atoms with Crippen LogP contribution in [0.2, 0.25) is 0 Å². The second-order valence-electron chi connectivity index (χ2n) is 16.3. The standard InChI is InChI=1S/C60H37NOS/c1-2-17-38(18-3-1)40-19-10-13-28-53(40)61(54-29-16-31-56-59(54)51-27-11-14-30-55(51)62-56)39-33-34-46-49-35-36-50-47-25-12-15-32-57(47)63-60(50)58(49)48-26-9-8-23-44(48)42-21-5-4-20-41(42)43-22-6-7-24-45(43)52(46)37-39/h1-37H. The lowest BCUT2D eigenvalue weighted by atomic mass is 9.93. The van der Waals surface area contributed by atoms with Gasteiger partial charge in [-0.15, -0.1) is 11.3 Å². The largest absolute Gasteiger partial charge is 0.456 e. The number of furan rings is 1. The van der Waals surface area contributed by atoms with Gasteiger partial charge in [-0.25, -0.2) is 0 Å². The minimum Gasteiger partial charge on any atom is -0.456 e. The lowest BCUT2D eigenvalue weighted by Crippen LogP contribution is -2.11. The van der Waals surface area contributed by atoms with E-state index in [1.807, 2.05) is 17.4 Å². The van der Waals surface area contributed by atoms with Crippen LogP contribution >= 0.6 is 11.3 Å². The highest BCUT2D eigenvalue weighted by Gasteiger charge is 2.23. The van der Waals surface area contributed by atoms with Gasteiger partial charge in [-0.1, -0.05) is 182 Å². The van der Waals surface area contributed by atoms with Crippen molar-refractivity contribution in [1.82, 2.24) is 0 Å². The Labute approximate surface area is 367 Å². The summed E-state index contributed by atoms with van der Waals surface area (Å²) in [7, 11) is 0. The maximum atomic E-state index is 6.56. The van der Waals surface area contributed by atoms with E-state index in [1.165, 1.54) is 74.0 Å². The molecule has 0 bridgehead atoms. The fraction of sp³-hybridized carbons (Fsp3) is 0. The molecule has 13 aromatic rings. The van der Waals surface area contributed by atoms with Crippen LogP contribution in [0.3, 0.4) is 0 Å². The summed E-state index contributed by atoms with van der Waals surface area (Å²) in [5.74, 6) is 0. The zero-order chi connectivity index (χ0) is 41.4.